The predicted octanol–water partition coefficient (Wildman–Crippen LogP) is 2.03. The molecule has 0 fully saturated rings. The second-order valence-corrected chi connectivity index (χ2v) is 9.79. The Morgan fingerprint density at radius 1 is 0.969 bits per heavy atom. The summed E-state index contributed by atoms with van der Waals surface area (Å²) >= 11 is 0. The lowest BCUT2D eigenvalue weighted by molar-refractivity contribution is 0.0951. The number of sulfonamides is 1. The van der Waals surface area contributed by atoms with Crippen LogP contribution in [0, 0.1) is 0 Å². The first kappa shape index (κ1) is 25.2. The average molecular weight is 464 g/mol. The summed E-state index contributed by atoms with van der Waals surface area (Å²) in [6, 6.07) is 10.2. The molecule has 10 heteroatoms. The fourth-order valence-electron chi connectivity index (χ4n) is 2.83. The zero-order valence-electron chi connectivity index (χ0n) is 18.6. The fourth-order valence-corrected chi connectivity index (χ4v) is 4.44. The van der Waals surface area contributed by atoms with E-state index in [1.807, 2.05) is 0 Å². The standard InChI is InChI=1S/C22H29N3O6S/c1-22(2,3)25-32(29,30)19-14-16(9-10-18(19)31-4)21(28)24-12-6-11-23-20(27)15-7-5-8-17(26)13-15/h5,7-10,13-14,25-26H,6,11-12H2,1-4H3,(H,23,27)(H,24,28). The summed E-state index contributed by atoms with van der Waals surface area (Å²) in [6.45, 7) is 5.73. The van der Waals surface area contributed by atoms with Gasteiger partial charge in [-0.05, 0) is 63.6 Å². The number of hydrogen-bond donors (Lipinski definition) is 4. The van der Waals surface area contributed by atoms with Gasteiger partial charge >= 0.3 is 0 Å². The summed E-state index contributed by atoms with van der Waals surface area (Å²) in [5.41, 5.74) is -0.195. The maximum atomic E-state index is 12.7. The molecule has 0 aliphatic heterocycles. The number of phenolic OH excluding ortho intramolecular Hbond substituents is 1. The number of benzene rings is 2. The van der Waals surface area contributed by atoms with Gasteiger partial charge in [-0.3, -0.25) is 9.59 Å². The van der Waals surface area contributed by atoms with E-state index in [0.29, 0.717) is 18.5 Å². The van der Waals surface area contributed by atoms with Crippen molar-refractivity contribution in [3.63, 3.8) is 0 Å². The van der Waals surface area contributed by atoms with Crippen molar-refractivity contribution in [2.45, 2.75) is 37.6 Å². The molecule has 2 rings (SSSR count). The van der Waals surface area contributed by atoms with Gasteiger partial charge in [-0.25, -0.2) is 13.1 Å². The van der Waals surface area contributed by atoms with Gasteiger partial charge in [-0.1, -0.05) is 6.07 Å². The van der Waals surface area contributed by atoms with Crippen molar-refractivity contribution in [3.8, 4) is 11.5 Å². The molecule has 0 saturated carbocycles. The maximum absolute atomic E-state index is 12.7. The number of methoxy groups -OCH3 is 1. The van der Waals surface area contributed by atoms with E-state index in [9.17, 15) is 23.1 Å². The fraction of sp³-hybridized carbons (Fsp3) is 0.364. The lowest BCUT2D eigenvalue weighted by Gasteiger charge is -2.21. The number of ether oxygens (including phenoxy) is 1. The summed E-state index contributed by atoms with van der Waals surface area (Å²) in [7, 11) is -2.55. The third-order valence-corrected chi connectivity index (χ3v) is 5.97. The van der Waals surface area contributed by atoms with Gasteiger partial charge < -0.3 is 20.5 Å². The van der Waals surface area contributed by atoms with Gasteiger partial charge in [0.05, 0.1) is 7.11 Å². The molecule has 2 aromatic rings. The molecule has 0 aromatic heterocycles. The van der Waals surface area contributed by atoms with Crippen molar-refractivity contribution in [1.82, 2.24) is 15.4 Å². The Bertz CT molecular complexity index is 1080. The number of rotatable bonds is 9. The first-order chi connectivity index (χ1) is 14.9. The van der Waals surface area contributed by atoms with E-state index in [-0.39, 0.29) is 34.4 Å². The van der Waals surface area contributed by atoms with E-state index in [0.717, 1.165) is 0 Å². The highest BCUT2D eigenvalue weighted by Gasteiger charge is 2.26. The molecule has 0 aliphatic rings. The molecule has 0 bridgehead atoms. The Labute approximate surface area is 188 Å². The Kier molecular flexibility index (Phi) is 8.23. The highest BCUT2D eigenvalue weighted by Crippen LogP contribution is 2.26. The molecule has 174 valence electrons. The number of phenols is 1. The van der Waals surface area contributed by atoms with E-state index >= 15 is 0 Å². The SMILES string of the molecule is COc1ccc(C(=O)NCCCNC(=O)c2cccc(O)c2)cc1S(=O)(=O)NC(C)(C)C. The van der Waals surface area contributed by atoms with Gasteiger partial charge in [0.2, 0.25) is 10.0 Å². The number of carbonyl (C=O) groups excluding carboxylic acids is 2. The normalized spacial score (nSPS) is 11.6. The second-order valence-electron chi connectivity index (χ2n) is 8.14. The van der Waals surface area contributed by atoms with Gasteiger partial charge in [0.1, 0.15) is 16.4 Å². The molecule has 4 N–H and O–H groups in total. The summed E-state index contributed by atoms with van der Waals surface area (Å²) in [5.74, 6) is -0.640. The number of hydrogen-bond acceptors (Lipinski definition) is 6. The summed E-state index contributed by atoms with van der Waals surface area (Å²) < 4.78 is 33.1. The van der Waals surface area contributed by atoms with Crippen LogP contribution in [-0.2, 0) is 10.0 Å². The molecular formula is C22H29N3O6S. The second kappa shape index (κ2) is 10.5. The molecule has 32 heavy (non-hydrogen) atoms. The lowest BCUT2D eigenvalue weighted by Crippen LogP contribution is -2.40. The maximum Gasteiger partial charge on any atom is 0.251 e. The van der Waals surface area contributed by atoms with Crippen LogP contribution in [0.5, 0.6) is 11.5 Å². The molecule has 9 nitrogen and oxygen atoms in total. The molecule has 0 heterocycles. The molecule has 0 saturated heterocycles. The quantitative estimate of drug-likeness (QED) is 0.421. The smallest absolute Gasteiger partial charge is 0.251 e. The Balaban J connectivity index is 1.95. The molecule has 0 radical (unpaired) electrons. The zero-order valence-corrected chi connectivity index (χ0v) is 19.4. The zero-order chi connectivity index (χ0) is 23.9. The van der Waals surface area contributed by atoms with Crippen LogP contribution in [0.4, 0.5) is 0 Å². The minimum absolute atomic E-state index is 0.00323. The van der Waals surface area contributed by atoms with Crippen LogP contribution in [0.25, 0.3) is 0 Å². The van der Waals surface area contributed by atoms with Crippen LogP contribution in [0.15, 0.2) is 47.4 Å². The largest absolute Gasteiger partial charge is 0.508 e. The number of carbonyl (C=O) groups is 2. The first-order valence-electron chi connectivity index (χ1n) is 10.0. The third-order valence-electron chi connectivity index (χ3n) is 4.19. The number of aromatic hydroxyl groups is 1. The van der Waals surface area contributed by atoms with Crippen LogP contribution in [0.3, 0.4) is 0 Å². The molecule has 2 amide bonds. The predicted molar refractivity (Wildman–Crippen MR) is 120 cm³/mol. The number of nitrogens with one attached hydrogen (secondary N) is 3. The summed E-state index contributed by atoms with van der Waals surface area (Å²) in [5, 5.41) is 14.8. The van der Waals surface area contributed by atoms with Crippen LogP contribution >= 0.6 is 0 Å². The van der Waals surface area contributed by atoms with Crippen LogP contribution in [0.1, 0.15) is 47.9 Å². The van der Waals surface area contributed by atoms with Crippen molar-refractivity contribution in [3.05, 3.63) is 53.6 Å². The highest BCUT2D eigenvalue weighted by molar-refractivity contribution is 7.89. The van der Waals surface area contributed by atoms with Crippen molar-refractivity contribution < 1.29 is 27.9 Å². The Morgan fingerprint density at radius 2 is 1.56 bits per heavy atom. The van der Waals surface area contributed by atoms with Crippen molar-refractivity contribution >= 4 is 21.8 Å². The van der Waals surface area contributed by atoms with Gasteiger partial charge in [0.15, 0.2) is 0 Å². The molecule has 0 unspecified atom stereocenters. The van der Waals surface area contributed by atoms with E-state index < -0.39 is 21.5 Å². The molecule has 2 aromatic carbocycles. The Hall–Kier alpha value is -3.11. The van der Waals surface area contributed by atoms with E-state index in [1.165, 1.54) is 37.4 Å². The molecule has 0 aliphatic carbocycles. The van der Waals surface area contributed by atoms with Crippen molar-refractivity contribution in [2.75, 3.05) is 20.2 Å². The summed E-state index contributed by atoms with van der Waals surface area (Å²) in [4.78, 5) is 24.4. The van der Waals surface area contributed by atoms with Gasteiger partial charge in [0.25, 0.3) is 11.8 Å². The van der Waals surface area contributed by atoms with Crippen LogP contribution in [0.2, 0.25) is 0 Å². The monoisotopic (exact) mass is 463 g/mol. The van der Waals surface area contributed by atoms with Crippen LogP contribution in [-0.4, -0.2) is 51.1 Å². The third kappa shape index (κ3) is 7.24. The van der Waals surface area contributed by atoms with Gasteiger partial charge in [-0.15, -0.1) is 0 Å². The summed E-state index contributed by atoms with van der Waals surface area (Å²) in [6.07, 6.45) is 0.461. The van der Waals surface area contributed by atoms with E-state index in [1.54, 1.807) is 32.9 Å². The van der Waals surface area contributed by atoms with Gasteiger partial charge in [-0.2, -0.15) is 0 Å². The average Bonchev–Trinajstić information content (AvgIpc) is 2.71. The Morgan fingerprint density at radius 3 is 2.09 bits per heavy atom. The van der Waals surface area contributed by atoms with E-state index in [4.69, 9.17) is 4.74 Å². The van der Waals surface area contributed by atoms with Crippen LogP contribution < -0.4 is 20.1 Å². The van der Waals surface area contributed by atoms with Crippen molar-refractivity contribution in [1.29, 1.82) is 0 Å². The topological polar surface area (TPSA) is 134 Å². The molecule has 0 atom stereocenters. The minimum atomic E-state index is -3.91. The first-order valence-corrected chi connectivity index (χ1v) is 11.5. The van der Waals surface area contributed by atoms with Gasteiger partial charge in [0, 0.05) is 29.8 Å². The minimum Gasteiger partial charge on any atom is -0.508 e. The van der Waals surface area contributed by atoms with E-state index in [2.05, 4.69) is 15.4 Å². The van der Waals surface area contributed by atoms with Crippen molar-refractivity contribution in [2.24, 2.45) is 0 Å². The highest BCUT2D eigenvalue weighted by atomic mass is 32.2. The molecule has 0 spiro atoms. The lowest BCUT2D eigenvalue weighted by atomic mass is 10.1. The number of amides is 2. The molecular weight excluding hydrogens is 434 g/mol.